The van der Waals surface area contributed by atoms with Crippen LogP contribution in [0.5, 0.6) is 0 Å². The molecule has 1 aromatic heterocycles. The molecular weight excluding hydrogens is 350 g/mol. The lowest BCUT2D eigenvalue weighted by molar-refractivity contribution is 0.220. The van der Waals surface area contributed by atoms with Gasteiger partial charge in [-0.3, -0.25) is 0 Å². The van der Waals surface area contributed by atoms with Crippen molar-refractivity contribution in [2.24, 2.45) is 0 Å². The second kappa shape index (κ2) is 8.50. The fraction of sp³-hybridized carbons (Fsp3) is 0.455. The van der Waals surface area contributed by atoms with Gasteiger partial charge in [-0.2, -0.15) is 0 Å². The molecule has 2 amide bonds. The maximum atomic E-state index is 12.7. The van der Waals surface area contributed by atoms with Crippen LogP contribution in [0.25, 0.3) is 0 Å². The Morgan fingerprint density at radius 2 is 1.68 bits per heavy atom. The van der Waals surface area contributed by atoms with E-state index in [2.05, 4.69) is 38.3 Å². The largest absolute Gasteiger partial charge is 0.371 e. The number of benzene rings is 1. The van der Waals surface area contributed by atoms with E-state index in [1.54, 1.807) is 11.1 Å². The molecule has 148 valence electrons. The highest BCUT2D eigenvalue weighted by Crippen LogP contribution is 2.25. The van der Waals surface area contributed by atoms with E-state index in [1.807, 2.05) is 25.2 Å². The number of carbonyl (C=O) groups is 1. The first kappa shape index (κ1) is 18.6. The van der Waals surface area contributed by atoms with Crippen molar-refractivity contribution in [2.45, 2.75) is 32.2 Å². The smallest absolute Gasteiger partial charge is 0.321 e. The fourth-order valence-electron chi connectivity index (χ4n) is 4.05. The SMILES string of the molecule is CN(Cc1ccccc1N1CCCC1)C(=O)Nc1ccc(N2CCCC2)nc1. The monoisotopic (exact) mass is 379 g/mol. The van der Waals surface area contributed by atoms with E-state index >= 15 is 0 Å². The molecule has 2 fully saturated rings. The van der Waals surface area contributed by atoms with Crippen LogP contribution in [0.4, 0.5) is 22.0 Å². The second-order valence-corrected chi connectivity index (χ2v) is 7.71. The van der Waals surface area contributed by atoms with Crippen molar-refractivity contribution in [3.05, 3.63) is 48.2 Å². The Morgan fingerprint density at radius 1 is 1.00 bits per heavy atom. The van der Waals surface area contributed by atoms with Gasteiger partial charge in [0.15, 0.2) is 0 Å². The number of amides is 2. The Hall–Kier alpha value is -2.76. The summed E-state index contributed by atoms with van der Waals surface area (Å²) in [6, 6.07) is 12.2. The summed E-state index contributed by atoms with van der Waals surface area (Å²) in [4.78, 5) is 23.6. The topological polar surface area (TPSA) is 51.7 Å². The van der Waals surface area contributed by atoms with Crippen LogP contribution in [0.3, 0.4) is 0 Å². The molecule has 0 spiro atoms. The molecule has 6 heteroatoms. The third kappa shape index (κ3) is 4.21. The zero-order valence-corrected chi connectivity index (χ0v) is 16.6. The van der Waals surface area contributed by atoms with Crippen molar-refractivity contribution in [3.63, 3.8) is 0 Å². The van der Waals surface area contributed by atoms with E-state index in [9.17, 15) is 4.79 Å². The Balaban J connectivity index is 1.37. The number of aromatic nitrogens is 1. The minimum Gasteiger partial charge on any atom is -0.371 e. The highest BCUT2D eigenvalue weighted by Gasteiger charge is 2.18. The van der Waals surface area contributed by atoms with Gasteiger partial charge in [0.2, 0.25) is 0 Å². The van der Waals surface area contributed by atoms with E-state index in [0.29, 0.717) is 6.54 Å². The molecule has 2 aliphatic rings. The van der Waals surface area contributed by atoms with Crippen LogP contribution in [0.15, 0.2) is 42.6 Å². The van der Waals surface area contributed by atoms with Crippen LogP contribution in [0, 0.1) is 0 Å². The number of nitrogens with zero attached hydrogens (tertiary/aromatic N) is 4. The van der Waals surface area contributed by atoms with Crippen LogP contribution < -0.4 is 15.1 Å². The van der Waals surface area contributed by atoms with Gasteiger partial charge < -0.3 is 20.0 Å². The molecule has 2 saturated heterocycles. The number of urea groups is 1. The van der Waals surface area contributed by atoms with Gasteiger partial charge in [0.05, 0.1) is 11.9 Å². The van der Waals surface area contributed by atoms with Crippen LogP contribution >= 0.6 is 0 Å². The zero-order valence-electron chi connectivity index (χ0n) is 16.6. The lowest BCUT2D eigenvalue weighted by Crippen LogP contribution is -2.31. The van der Waals surface area contributed by atoms with Crippen LogP contribution in [0.1, 0.15) is 31.2 Å². The minimum atomic E-state index is -0.119. The standard InChI is InChI=1S/C22H29N5O/c1-25(17-18-8-2-3-9-20(18)26-12-4-5-13-26)22(28)24-19-10-11-21(23-16-19)27-14-6-7-15-27/h2-3,8-11,16H,4-7,12-15,17H2,1H3,(H,24,28). The van der Waals surface area contributed by atoms with Gasteiger partial charge >= 0.3 is 6.03 Å². The van der Waals surface area contributed by atoms with Gasteiger partial charge in [0, 0.05) is 45.5 Å². The summed E-state index contributed by atoms with van der Waals surface area (Å²) < 4.78 is 0. The van der Waals surface area contributed by atoms with E-state index in [1.165, 1.54) is 36.9 Å². The molecule has 3 heterocycles. The maximum absolute atomic E-state index is 12.7. The van der Waals surface area contributed by atoms with Gasteiger partial charge in [-0.15, -0.1) is 0 Å². The summed E-state index contributed by atoms with van der Waals surface area (Å²) in [5.41, 5.74) is 3.16. The number of nitrogens with one attached hydrogen (secondary N) is 1. The van der Waals surface area contributed by atoms with E-state index in [0.717, 1.165) is 37.7 Å². The number of hydrogen-bond donors (Lipinski definition) is 1. The summed E-state index contributed by atoms with van der Waals surface area (Å²) in [6.45, 7) is 4.91. The minimum absolute atomic E-state index is 0.119. The van der Waals surface area contributed by atoms with Gasteiger partial charge in [0.1, 0.15) is 5.82 Å². The highest BCUT2D eigenvalue weighted by atomic mass is 16.2. The highest BCUT2D eigenvalue weighted by molar-refractivity contribution is 5.89. The Labute approximate surface area is 167 Å². The second-order valence-electron chi connectivity index (χ2n) is 7.71. The zero-order chi connectivity index (χ0) is 19.3. The van der Waals surface area contributed by atoms with Crippen molar-refractivity contribution < 1.29 is 4.79 Å². The van der Waals surface area contributed by atoms with Crippen molar-refractivity contribution in [2.75, 3.05) is 48.3 Å². The number of hydrogen-bond acceptors (Lipinski definition) is 4. The van der Waals surface area contributed by atoms with Crippen LogP contribution in [0.2, 0.25) is 0 Å². The number of pyridine rings is 1. The molecule has 2 aromatic rings. The molecule has 0 atom stereocenters. The third-order valence-corrected chi connectivity index (χ3v) is 5.62. The van der Waals surface area contributed by atoms with Gasteiger partial charge in [-0.05, 0) is 49.4 Å². The quantitative estimate of drug-likeness (QED) is 0.855. The summed E-state index contributed by atoms with van der Waals surface area (Å²) in [5, 5.41) is 2.96. The van der Waals surface area contributed by atoms with Gasteiger partial charge in [0.25, 0.3) is 0 Å². The van der Waals surface area contributed by atoms with Crippen LogP contribution in [-0.4, -0.2) is 49.1 Å². The molecule has 0 unspecified atom stereocenters. The van der Waals surface area contributed by atoms with Crippen molar-refractivity contribution >= 4 is 23.2 Å². The normalized spacial score (nSPS) is 16.5. The molecule has 1 N–H and O–H groups in total. The predicted molar refractivity (Wildman–Crippen MR) is 114 cm³/mol. The number of anilines is 3. The molecule has 1 aromatic carbocycles. The first-order chi connectivity index (χ1) is 13.7. The average Bonchev–Trinajstić information content (AvgIpc) is 3.43. The molecular formula is C22H29N5O. The Bertz CT molecular complexity index is 795. The summed E-state index contributed by atoms with van der Waals surface area (Å²) in [5.74, 6) is 0.989. The lowest BCUT2D eigenvalue weighted by atomic mass is 10.1. The fourth-order valence-corrected chi connectivity index (χ4v) is 4.05. The lowest BCUT2D eigenvalue weighted by Gasteiger charge is -2.24. The van der Waals surface area contributed by atoms with Crippen molar-refractivity contribution in [1.29, 1.82) is 0 Å². The molecule has 28 heavy (non-hydrogen) atoms. The molecule has 0 radical (unpaired) electrons. The van der Waals surface area contributed by atoms with Crippen LogP contribution in [-0.2, 0) is 6.54 Å². The van der Waals surface area contributed by atoms with Gasteiger partial charge in [-0.1, -0.05) is 18.2 Å². The summed E-state index contributed by atoms with van der Waals surface area (Å²) in [7, 11) is 1.84. The summed E-state index contributed by atoms with van der Waals surface area (Å²) >= 11 is 0. The average molecular weight is 380 g/mol. The molecule has 0 bridgehead atoms. The van der Waals surface area contributed by atoms with Crippen molar-refractivity contribution in [3.8, 4) is 0 Å². The van der Waals surface area contributed by atoms with E-state index < -0.39 is 0 Å². The Kier molecular flexibility index (Phi) is 5.65. The number of carbonyl (C=O) groups excluding carboxylic acids is 1. The molecule has 4 rings (SSSR count). The Morgan fingerprint density at radius 3 is 2.36 bits per heavy atom. The van der Waals surface area contributed by atoms with E-state index in [4.69, 9.17) is 0 Å². The first-order valence-corrected chi connectivity index (χ1v) is 10.3. The number of para-hydroxylation sites is 1. The van der Waals surface area contributed by atoms with Crippen molar-refractivity contribution in [1.82, 2.24) is 9.88 Å². The van der Waals surface area contributed by atoms with Gasteiger partial charge in [-0.25, -0.2) is 9.78 Å². The summed E-state index contributed by atoms with van der Waals surface area (Å²) in [6.07, 6.45) is 6.68. The number of rotatable bonds is 5. The predicted octanol–water partition coefficient (Wildman–Crippen LogP) is 3.95. The molecule has 0 saturated carbocycles. The maximum Gasteiger partial charge on any atom is 0.321 e. The van der Waals surface area contributed by atoms with E-state index in [-0.39, 0.29) is 6.03 Å². The molecule has 0 aliphatic carbocycles. The first-order valence-electron chi connectivity index (χ1n) is 10.3. The molecule has 2 aliphatic heterocycles. The third-order valence-electron chi connectivity index (χ3n) is 5.62. The molecule has 6 nitrogen and oxygen atoms in total.